The van der Waals surface area contributed by atoms with Gasteiger partial charge >= 0.3 is 12.0 Å². The lowest BCUT2D eigenvalue weighted by atomic mass is 10.1. The summed E-state index contributed by atoms with van der Waals surface area (Å²) in [7, 11) is 0. The molecule has 0 fully saturated rings. The van der Waals surface area contributed by atoms with E-state index in [0.29, 0.717) is 17.8 Å². The molecular formula is C14H14N2O4. The van der Waals surface area contributed by atoms with E-state index in [1.165, 1.54) is 6.26 Å². The number of nitrogens with one attached hydrogen (secondary N) is 2. The van der Waals surface area contributed by atoms with Gasteiger partial charge in [0.1, 0.15) is 0 Å². The van der Waals surface area contributed by atoms with Crippen LogP contribution in [0.4, 0.5) is 10.5 Å². The molecule has 0 unspecified atom stereocenters. The Bertz CT molecular complexity index is 593. The van der Waals surface area contributed by atoms with Gasteiger partial charge < -0.3 is 20.2 Å². The second-order valence-electron chi connectivity index (χ2n) is 4.21. The van der Waals surface area contributed by atoms with Crippen LogP contribution in [0.1, 0.15) is 11.1 Å². The van der Waals surface area contributed by atoms with Crippen LogP contribution < -0.4 is 10.6 Å². The van der Waals surface area contributed by atoms with Gasteiger partial charge in [-0.2, -0.15) is 0 Å². The maximum atomic E-state index is 11.7. The van der Waals surface area contributed by atoms with Gasteiger partial charge in [0.25, 0.3) is 0 Å². The highest BCUT2D eigenvalue weighted by Gasteiger charge is 2.05. The third-order valence-corrected chi connectivity index (χ3v) is 2.57. The van der Waals surface area contributed by atoms with Crippen LogP contribution in [0.15, 0.2) is 47.3 Å². The third kappa shape index (κ3) is 4.16. The minimum absolute atomic E-state index is 0.0772. The standard InChI is InChI=1S/C14H14N2O4/c17-13(18)7-10-2-1-3-12(6-10)16-14(19)15-8-11-4-5-20-9-11/h1-6,9H,7-8H2,(H,17,18)(H2,15,16,19). The lowest BCUT2D eigenvalue weighted by Crippen LogP contribution is -2.28. The van der Waals surface area contributed by atoms with Crippen molar-refractivity contribution in [2.24, 2.45) is 0 Å². The molecular weight excluding hydrogens is 260 g/mol. The highest BCUT2D eigenvalue weighted by Crippen LogP contribution is 2.11. The first-order chi connectivity index (χ1) is 9.63. The summed E-state index contributed by atoms with van der Waals surface area (Å²) in [6.07, 6.45) is 3.00. The number of amides is 2. The minimum atomic E-state index is -0.911. The summed E-state index contributed by atoms with van der Waals surface area (Å²) in [6, 6.07) is 8.12. The van der Waals surface area contributed by atoms with Crippen molar-refractivity contribution in [2.75, 3.05) is 5.32 Å². The van der Waals surface area contributed by atoms with Crippen LogP contribution in [0, 0.1) is 0 Å². The van der Waals surface area contributed by atoms with Crippen LogP contribution >= 0.6 is 0 Å². The van der Waals surface area contributed by atoms with Gasteiger partial charge in [-0.3, -0.25) is 4.79 Å². The van der Waals surface area contributed by atoms with Crippen LogP contribution in [0.3, 0.4) is 0 Å². The van der Waals surface area contributed by atoms with Crippen molar-refractivity contribution in [3.8, 4) is 0 Å². The number of carbonyl (C=O) groups excluding carboxylic acids is 1. The molecule has 0 saturated carbocycles. The van der Waals surface area contributed by atoms with Crippen LogP contribution in [0.2, 0.25) is 0 Å². The number of hydrogen-bond donors (Lipinski definition) is 3. The zero-order valence-electron chi connectivity index (χ0n) is 10.6. The molecule has 2 amide bonds. The second-order valence-corrected chi connectivity index (χ2v) is 4.21. The van der Waals surface area contributed by atoms with E-state index in [-0.39, 0.29) is 12.5 Å². The van der Waals surface area contributed by atoms with E-state index in [0.717, 1.165) is 5.56 Å². The molecule has 0 aliphatic heterocycles. The largest absolute Gasteiger partial charge is 0.481 e. The normalized spacial score (nSPS) is 10.0. The van der Waals surface area contributed by atoms with E-state index in [1.807, 2.05) is 0 Å². The number of carboxylic acid groups (broad SMARTS) is 1. The van der Waals surface area contributed by atoms with Gasteiger partial charge in [-0.25, -0.2) is 4.79 Å². The Hall–Kier alpha value is -2.76. The number of hydrogen-bond acceptors (Lipinski definition) is 3. The molecule has 3 N–H and O–H groups in total. The molecule has 0 saturated heterocycles. The first-order valence-electron chi connectivity index (χ1n) is 6.00. The van der Waals surface area contributed by atoms with E-state index in [9.17, 15) is 9.59 Å². The van der Waals surface area contributed by atoms with E-state index >= 15 is 0 Å². The zero-order chi connectivity index (χ0) is 14.4. The molecule has 104 valence electrons. The fraction of sp³-hybridized carbons (Fsp3) is 0.143. The molecule has 2 rings (SSSR count). The highest BCUT2D eigenvalue weighted by atomic mass is 16.4. The third-order valence-electron chi connectivity index (χ3n) is 2.57. The minimum Gasteiger partial charge on any atom is -0.481 e. The molecule has 0 aliphatic carbocycles. The maximum Gasteiger partial charge on any atom is 0.319 e. The van der Waals surface area contributed by atoms with Crippen LogP contribution in [0.25, 0.3) is 0 Å². The van der Waals surface area contributed by atoms with Crippen molar-refractivity contribution in [2.45, 2.75) is 13.0 Å². The molecule has 20 heavy (non-hydrogen) atoms. The number of benzene rings is 1. The number of anilines is 1. The Morgan fingerprint density at radius 3 is 2.75 bits per heavy atom. The van der Waals surface area contributed by atoms with Gasteiger partial charge in [0, 0.05) is 17.8 Å². The van der Waals surface area contributed by atoms with Crippen molar-refractivity contribution in [3.05, 3.63) is 54.0 Å². The van der Waals surface area contributed by atoms with Gasteiger partial charge in [0.05, 0.1) is 18.9 Å². The number of furan rings is 1. The number of carbonyl (C=O) groups is 2. The first kappa shape index (κ1) is 13.7. The van der Waals surface area contributed by atoms with Crippen molar-refractivity contribution < 1.29 is 19.1 Å². The molecule has 1 aromatic heterocycles. The predicted octanol–water partition coefficient (Wildman–Crippen LogP) is 2.23. The Labute approximate surface area is 115 Å². The molecule has 2 aromatic rings. The Balaban J connectivity index is 1.88. The van der Waals surface area contributed by atoms with E-state index < -0.39 is 5.97 Å². The van der Waals surface area contributed by atoms with Crippen molar-refractivity contribution >= 4 is 17.7 Å². The second kappa shape index (κ2) is 6.42. The zero-order valence-corrected chi connectivity index (χ0v) is 10.6. The summed E-state index contributed by atoms with van der Waals surface area (Å²) in [5.41, 5.74) is 2.04. The van der Waals surface area contributed by atoms with Gasteiger partial charge in [0.2, 0.25) is 0 Å². The fourth-order valence-electron chi connectivity index (χ4n) is 1.68. The smallest absolute Gasteiger partial charge is 0.319 e. The molecule has 0 radical (unpaired) electrons. The van der Waals surface area contributed by atoms with Gasteiger partial charge in [0.15, 0.2) is 0 Å². The summed E-state index contributed by atoms with van der Waals surface area (Å²) in [6.45, 7) is 0.358. The average Bonchev–Trinajstić information content (AvgIpc) is 2.89. The summed E-state index contributed by atoms with van der Waals surface area (Å²) in [4.78, 5) is 22.3. The number of aliphatic carboxylic acids is 1. The molecule has 0 bridgehead atoms. The first-order valence-corrected chi connectivity index (χ1v) is 6.00. The summed E-state index contributed by atoms with van der Waals surface area (Å²) >= 11 is 0. The molecule has 6 heteroatoms. The summed E-state index contributed by atoms with van der Waals surface area (Å²) in [5.74, 6) is -0.911. The summed E-state index contributed by atoms with van der Waals surface area (Å²) < 4.78 is 4.89. The molecule has 0 aliphatic rings. The Morgan fingerprint density at radius 1 is 1.20 bits per heavy atom. The number of rotatable bonds is 5. The van der Waals surface area contributed by atoms with Crippen LogP contribution in [0.5, 0.6) is 0 Å². The molecule has 6 nitrogen and oxygen atoms in total. The summed E-state index contributed by atoms with van der Waals surface area (Å²) in [5, 5.41) is 14.0. The SMILES string of the molecule is O=C(O)Cc1cccc(NC(=O)NCc2ccoc2)c1. The lowest BCUT2D eigenvalue weighted by Gasteiger charge is -2.07. The topological polar surface area (TPSA) is 91.6 Å². The van der Waals surface area contributed by atoms with Gasteiger partial charge in [-0.05, 0) is 23.8 Å². The van der Waals surface area contributed by atoms with Gasteiger partial charge in [-0.15, -0.1) is 0 Å². The van der Waals surface area contributed by atoms with Crippen LogP contribution in [-0.4, -0.2) is 17.1 Å². The van der Waals surface area contributed by atoms with Crippen molar-refractivity contribution in [1.82, 2.24) is 5.32 Å². The van der Waals surface area contributed by atoms with E-state index in [4.69, 9.17) is 9.52 Å². The molecule has 0 atom stereocenters. The van der Waals surface area contributed by atoms with E-state index in [2.05, 4.69) is 10.6 Å². The molecule has 0 spiro atoms. The molecule has 1 aromatic carbocycles. The Kier molecular flexibility index (Phi) is 4.39. The quantitative estimate of drug-likeness (QED) is 0.779. The predicted molar refractivity (Wildman–Crippen MR) is 72.3 cm³/mol. The monoisotopic (exact) mass is 274 g/mol. The average molecular weight is 274 g/mol. The highest BCUT2D eigenvalue weighted by molar-refractivity contribution is 5.89. The van der Waals surface area contributed by atoms with Crippen molar-refractivity contribution in [1.29, 1.82) is 0 Å². The molecule has 1 heterocycles. The van der Waals surface area contributed by atoms with E-state index in [1.54, 1.807) is 36.6 Å². The lowest BCUT2D eigenvalue weighted by molar-refractivity contribution is -0.136. The van der Waals surface area contributed by atoms with Crippen LogP contribution in [-0.2, 0) is 17.8 Å². The van der Waals surface area contributed by atoms with Gasteiger partial charge in [-0.1, -0.05) is 12.1 Å². The number of carboxylic acids is 1. The van der Waals surface area contributed by atoms with Crippen molar-refractivity contribution in [3.63, 3.8) is 0 Å². The maximum absolute atomic E-state index is 11.7. The Morgan fingerprint density at radius 2 is 2.05 bits per heavy atom. The number of urea groups is 1. The fourth-order valence-corrected chi connectivity index (χ4v) is 1.68.